The number of rotatable bonds is 7. The molecule has 1 fully saturated rings. The quantitative estimate of drug-likeness (QED) is 0.839. The SMILES string of the molecule is COc1ccc(CNc2cc(OC)ncn2)c(OC2CCCC2)c1. The molecule has 6 nitrogen and oxygen atoms in total. The van der Waals surface area contributed by atoms with Gasteiger partial charge in [-0.2, -0.15) is 0 Å². The van der Waals surface area contributed by atoms with Gasteiger partial charge >= 0.3 is 0 Å². The van der Waals surface area contributed by atoms with E-state index < -0.39 is 0 Å². The van der Waals surface area contributed by atoms with Crippen molar-refractivity contribution in [3.05, 3.63) is 36.2 Å². The second-order valence-corrected chi connectivity index (χ2v) is 5.80. The van der Waals surface area contributed by atoms with Gasteiger partial charge in [0.05, 0.1) is 20.3 Å². The average molecular weight is 329 g/mol. The number of aromatic nitrogens is 2. The van der Waals surface area contributed by atoms with Crippen molar-refractivity contribution in [2.24, 2.45) is 0 Å². The van der Waals surface area contributed by atoms with Crippen LogP contribution in [0.4, 0.5) is 5.82 Å². The predicted octanol–water partition coefficient (Wildman–Crippen LogP) is 3.43. The normalized spacial score (nSPS) is 14.4. The molecule has 1 N–H and O–H groups in total. The molecule has 3 rings (SSSR count). The molecule has 24 heavy (non-hydrogen) atoms. The number of anilines is 1. The van der Waals surface area contributed by atoms with Gasteiger partial charge in [-0.3, -0.25) is 0 Å². The molecular formula is C18H23N3O3. The third-order valence-electron chi connectivity index (χ3n) is 4.18. The van der Waals surface area contributed by atoms with E-state index in [0.717, 1.165) is 29.9 Å². The van der Waals surface area contributed by atoms with Crippen LogP contribution in [0.1, 0.15) is 31.2 Å². The van der Waals surface area contributed by atoms with Gasteiger partial charge in [0.1, 0.15) is 23.6 Å². The number of benzene rings is 1. The van der Waals surface area contributed by atoms with Gasteiger partial charge in [0.2, 0.25) is 5.88 Å². The van der Waals surface area contributed by atoms with Crippen LogP contribution in [0.15, 0.2) is 30.6 Å². The molecule has 1 saturated carbocycles. The first-order chi connectivity index (χ1) is 11.8. The lowest BCUT2D eigenvalue weighted by Gasteiger charge is -2.18. The number of methoxy groups -OCH3 is 2. The van der Waals surface area contributed by atoms with Crippen molar-refractivity contribution < 1.29 is 14.2 Å². The standard InChI is InChI=1S/C18H23N3O3/c1-22-15-8-7-13(16(9-15)24-14-5-3-4-6-14)11-19-17-10-18(23-2)21-12-20-17/h7-10,12,14H,3-6,11H2,1-2H3,(H,19,20,21). The highest BCUT2D eigenvalue weighted by Crippen LogP contribution is 2.30. The molecule has 1 aromatic heterocycles. The van der Waals surface area contributed by atoms with Crippen LogP contribution in [0.25, 0.3) is 0 Å². The van der Waals surface area contributed by atoms with E-state index >= 15 is 0 Å². The first-order valence-electron chi connectivity index (χ1n) is 8.22. The van der Waals surface area contributed by atoms with Crippen LogP contribution >= 0.6 is 0 Å². The minimum Gasteiger partial charge on any atom is -0.497 e. The van der Waals surface area contributed by atoms with Crippen molar-refractivity contribution in [3.8, 4) is 17.4 Å². The van der Waals surface area contributed by atoms with Crippen LogP contribution in [0.3, 0.4) is 0 Å². The van der Waals surface area contributed by atoms with Gasteiger partial charge in [-0.05, 0) is 37.8 Å². The van der Waals surface area contributed by atoms with E-state index in [4.69, 9.17) is 14.2 Å². The van der Waals surface area contributed by atoms with Crippen molar-refractivity contribution in [1.82, 2.24) is 9.97 Å². The van der Waals surface area contributed by atoms with Crippen molar-refractivity contribution >= 4 is 5.82 Å². The fraction of sp³-hybridized carbons (Fsp3) is 0.444. The molecule has 1 heterocycles. The molecule has 0 unspecified atom stereocenters. The molecule has 0 bridgehead atoms. The van der Waals surface area contributed by atoms with Crippen molar-refractivity contribution in [2.45, 2.75) is 38.3 Å². The summed E-state index contributed by atoms with van der Waals surface area (Å²) in [7, 11) is 3.25. The fourth-order valence-electron chi connectivity index (χ4n) is 2.84. The minimum absolute atomic E-state index is 0.301. The maximum absolute atomic E-state index is 6.20. The monoisotopic (exact) mass is 329 g/mol. The zero-order valence-electron chi connectivity index (χ0n) is 14.1. The van der Waals surface area contributed by atoms with Crippen LogP contribution < -0.4 is 19.5 Å². The van der Waals surface area contributed by atoms with Gasteiger partial charge in [-0.1, -0.05) is 0 Å². The Kier molecular flexibility index (Phi) is 5.36. The van der Waals surface area contributed by atoms with E-state index in [1.165, 1.54) is 19.2 Å². The Labute approximate surface area is 142 Å². The van der Waals surface area contributed by atoms with E-state index in [9.17, 15) is 0 Å². The third-order valence-corrected chi connectivity index (χ3v) is 4.18. The number of nitrogens with one attached hydrogen (secondary N) is 1. The zero-order chi connectivity index (χ0) is 16.8. The van der Waals surface area contributed by atoms with Gasteiger partial charge in [-0.25, -0.2) is 9.97 Å². The van der Waals surface area contributed by atoms with Crippen LogP contribution in [-0.2, 0) is 6.54 Å². The maximum atomic E-state index is 6.20. The summed E-state index contributed by atoms with van der Waals surface area (Å²) < 4.78 is 16.7. The lowest BCUT2D eigenvalue weighted by molar-refractivity contribution is 0.207. The highest BCUT2D eigenvalue weighted by Gasteiger charge is 2.18. The van der Waals surface area contributed by atoms with Gasteiger partial charge in [0.15, 0.2) is 0 Å². The summed E-state index contributed by atoms with van der Waals surface area (Å²) in [5.41, 5.74) is 1.07. The Morgan fingerprint density at radius 1 is 1.08 bits per heavy atom. The van der Waals surface area contributed by atoms with Crippen LogP contribution in [0.5, 0.6) is 17.4 Å². The number of nitrogens with zero attached hydrogens (tertiary/aromatic N) is 2. The Balaban J connectivity index is 1.73. The number of hydrogen-bond donors (Lipinski definition) is 1. The maximum Gasteiger partial charge on any atom is 0.218 e. The molecule has 2 aromatic rings. The molecule has 0 saturated heterocycles. The topological polar surface area (TPSA) is 65.5 Å². The highest BCUT2D eigenvalue weighted by molar-refractivity contribution is 5.44. The summed E-state index contributed by atoms with van der Waals surface area (Å²) in [5.74, 6) is 2.92. The summed E-state index contributed by atoms with van der Waals surface area (Å²) in [5, 5.41) is 3.29. The van der Waals surface area contributed by atoms with E-state index in [1.54, 1.807) is 20.3 Å². The minimum atomic E-state index is 0.301. The third kappa shape index (κ3) is 4.07. The first-order valence-corrected chi connectivity index (χ1v) is 8.22. The largest absolute Gasteiger partial charge is 0.497 e. The van der Waals surface area contributed by atoms with E-state index in [2.05, 4.69) is 15.3 Å². The molecule has 0 spiro atoms. The summed E-state index contributed by atoms with van der Waals surface area (Å²) in [6.07, 6.45) is 6.49. The van der Waals surface area contributed by atoms with E-state index in [-0.39, 0.29) is 0 Å². The molecule has 128 valence electrons. The zero-order valence-corrected chi connectivity index (χ0v) is 14.1. The summed E-state index contributed by atoms with van der Waals surface area (Å²) in [6, 6.07) is 7.69. The molecular weight excluding hydrogens is 306 g/mol. The second kappa shape index (κ2) is 7.86. The van der Waals surface area contributed by atoms with Gasteiger partial charge in [0, 0.05) is 24.2 Å². The van der Waals surface area contributed by atoms with E-state index in [1.807, 2.05) is 18.2 Å². The molecule has 6 heteroatoms. The van der Waals surface area contributed by atoms with Crippen LogP contribution in [-0.4, -0.2) is 30.3 Å². The van der Waals surface area contributed by atoms with Crippen molar-refractivity contribution in [2.75, 3.05) is 19.5 Å². The molecule has 1 aromatic carbocycles. The average Bonchev–Trinajstić information content (AvgIpc) is 3.13. The molecule has 0 amide bonds. The highest BCUT2D eigenvalue weighted by atomic mass is 16.5. The Hall–Kier alpha value is -2.50. The fourth-order valence-corrected chi connectivity index (χ4v) is 2.84. The van der Waals surface area contributed by atoms with Crippen LogP contribution in [0.2, 0.25) is 0 Å². The Morgan fingerprint density at radius 3 is 2.67 bits per heavy atom. The van der Waals surface area contributed by atoms with Gasteiger partial charge in [-0.15, -0.1) is 0 Å². The molecule has 1 aliphatic carbocycles. The Bertz CT molecular complexity index is 672. The molecule has 0 aliphatic heterocycles. The molecule has 0 atom stereocenters. The van der Waals surface area contributed by atoms with Crippen molar-refractivity contribution in [3.63, 3.8) is 0 Å². The van der Waals surface area contributed by atoms with E-state index in [0.29, 0.717) is 24.3 Å². The smallest absolute Gasteiger partial charge is 0.218 e. The molecule has 0 radical (unpaired) electrons. The van der Waals surface area contributed by atoms with Gasteiger partial charge in [0.25, 0.3) is 0 Å². The number of ether oxygens (including phenoxy) is 3. The summed E-state index contributed by atoms with van der Waals surface area (Å²) >= 11 is 0. The number of hydrogen-bond acceptors (Lipinski definition) is 6. The summed E-state index contributed by atoms with van der Waals surface area (Å²) in [6.45, 7) is 0.603. The molecule has 1 aliphatic rings. The van der Waals surface area contributed by atoms with Crippen molar-refractivity contribution in [1.29, 1.82) is 0 Å². The lowest BCUT2D eigenvalue weighted by Crippen LogP contribution is -2.13. The van der Waals surface area contributed by atoms with Gasteiger partial charge < -0.3 is 19.5 Å². The lowest BCUT2D eigenvalue weighted by atomic mass is 10.1. The van der Waals surface area contributed by atoms with Crippen LogP contribution in [0, 0.1) is 0 Å². The Morgan fingerprint density at radius 2 is 1.92 bits per heavy atom. The predicted molar refractivity (Wildman–Crippen MR) is 91.8 cm³/mol. The second-order valence-electron chi connectivity index (χ2n) is 5.80. The first kappa shape index (κ1) is 16.4. The summed E-state index contributed by atoms with van der Waals surface area (Å²) in [4.78, 5) is 8.21.